The number of Topliss-reactive ketones (excluding diaryl/α,β-unsaturated/α-hetero) is 1. The molecule has 2 aromatic rings. The van der Waals surface area contributed by atoms with Crippen LogP contribution in [0, 0.1) is 0 Å². The number of hydrogen-bond donors (Lipinski definition) is 1. The molecule has 118 valence electrons. The first-order valence-electron chi connectivity index (χ1n) is 6.88. The Morgan fingerprint density at radius 3 is 1.74 bits per heavy atom. The highest BCUT2D eigenvalue weighted by molar-refractivity contribution is 7.17. The van der Waals surface area contributed by atoms with E-state index < -0.39 is 32.0 Å². The average molecular weight is 330 g/mol. The van der Waals surface area contributed by atoms with E-state index in [-0.39, 0.29) is 0 Å². The number of hydrogen-bond acceptors (Lipinski definition) is 4. The molecule has 0 aromatic heterocycles. The maximum absolute atomic E-state index is 12.6. The van der Waals surface area contributed by atoms with Gasteiger partial charge in [-0.05, 0) is 18.1 Å². The molecule has 1 unspecified atom stereocenters. The Morgan fingerprint density at radius 2 is 1.43 bits per heavy atom. The van der Waals surface area contributed by atoms with Gasteiger partial charge in [-0.25, -0.2) is 9.36 Å². The van der Waals surface area contributed by atoms with E-state index in [1.807, 2.05) is 0 Å². The molecule has 0 aliphatic heterocycles. The van der Waals surface area contributed by atoms with Gasteiger partial charge in [0.05, 0.1) is 0 Å². The molecule has 0 fully saturated rings. The zero-order valence-electron chi connectivity index (χ0n) is 12.4. The van der Waals surface area contributed by atoms with Crippen molar-refractivity contribution in [2.24, 2.45) is 0 Å². The van der Waals surface area contributed by atoms with Gasteiger partial charge in [0.2, 0.25) is 0 Å². The van der Waals surface area contributed by atoms with Crippen molar-refractivity contribution < 1.29 is 23.8 Å². The molecular weight excluding hydrogens is 315 g/mol. The topological polar surface area (TPSA) is 80.7 Å². The fourth-order valence-corrected chi connectivity index (χ4v) is 3.15. The van der Waals surface area contributed by atoms with Crippen LogP contribution < -0.4 is 0 Å². The van der Waals surface area contributed by atoms with Crippen molar-refractivity contribution >= 4 is 20.4 Å². The van der Waals surface area contributed by atoms with Gasteiger partial charge in [-0.1, -0.05) is 60.7 Å². The van der Waals surface area contributed by atoms with E-state index >= 15 is 0 Å². The monoisotopic (exact) mass is 330 g/mol. The van der Waals surface area contributed by atoms with Crippen molar-refractivity contribution in [3.05, 3.63) is 71.8 Å². The zero-order chi connectivity index (χ0) is 16.9. The highest BCUT2D eigenvalue weighted by atomic mass is 31.1. The van der Waals surface area contributed by atoms with Gasteiger partial charge in [0.15, 0.2) is 6.10 Å². The minimum atomic E-state index is -1.62. The Kier molecular flexibility index (Phi) is 5.37. The Morgan fingerprint density at radius 1 is 1.00 bits per heavy atom. The second-order valence-electron chi connectivity index (χ2n) is 4.99. The lowest BCUT2D eigenvalue weighted by Crippen LogP contribution is -2.51. The van der Waals surface area contributed by atoms with Gasteiger partial charge in [0.1, 0.15) is 11.2 Å². The van der Waals surface area contributed by atoms with E-state index in [0.717, 1.165) is 0 Å². The third-order valence-electron chi connectivity index (χ3n) is 3.78. The number of benzene rings is 2. The molecule has 2 aromatic carbocycles. The Labute approximate surface area is 135 Å². The fraction of sp³-hybridized carbons (Fsp3) is 0.176. The molecule has 0 heterocycles. The van der Waals surface area contributed by atoms with E-state index in [1.54, 1.807) is 60.7 Å². The Hall–Kier alpha value is -2.36. The minimum Gasteiger partial charge on any atom is -0.479 e. The Bertz CT molecular complexity index is 660. The highest BCUT2D eigenvalue weighted by Crippen LogP contribution is 2.39. The van der Waals surface area contributed by atoms with Crippen LogP contribution in [-0.4, -0.2) is 23.0 Å². The summed E-state index contributed by atoms with van der Waals surface area (Å²) >= 11 is 0. The summed E-state index contributed by atoms with van der Waals surface area (Å²) in [5, 5.41) is 9.59. The van der Waals surface area contributed by atoms with Crippen LogP contribution in [0.3, 0.4) is 0 Å². The van der Waals surface area contributed by atoms with Gasteiger partial charge in [-0.15, -0.1) is 0 Å². The molecule has 2 rings (SSSR count). The third kappa shape index (κ3) is 3.07. The van der Waals surface area contributed by atoms with Crippen molar-refractivity contribution in [1.29, 1.82) is 0 Å². The SMILES string of the molecule is CC(=O)C(c1ccccc1)(c1ccccc1)C(OP=O)C(=O)O. The number of ketones is 1. The number of rotatable bonds is 7. The summed E-state index contributed by atoms with van der Waals surface area (Å²) in [4.78, 5) is 24.4. The number of carbonyl (C=O) groups excluding carboxylic acids is 1. The number of carboxylic acids is 1. The molecule has 5 nitrogen and oxygen atoms in total. The second kappa shape index (κ2) is 7.27. The van der Waals surface area contributed by atoms with Crippen molar-refractivity contribution in [1.82, 2.24) is 0 Å². The van der Waals surface area contributed by atoms with Crippen LogP contribution in [0.2, 0.25) is 0 Å². The quantitative estimate of drug-likeness (QED) is 0.788. The van der Waals surface area contributed by atoms with Crippen LogP contribution in [0.25, 0.3) is 0 Å². The van der Waals surface area contributed by atoms with E-state index in [2.05, 4.69) is 0 Å². The molecule has 23 heavy (non-hydrogen) atoms. The first kappa shape index (κ1) is 17.0. The molecule has 0 aliphatic rings. The van der Waals surface area contributed by atoms with Crippen molar-refractivity contribution in [2.45, 2.75) is 18.4 Å². The summed E-state index contributed by atoms with van der Waals surface area (Å²) in [6.45, 7) is 1.31. The molecule has 1 N–H and O–H groups in total. The molecule has 0 saturated heterocycles. The fourth-order valence-electron chi connectivity index (χ4n) is 2.82. The first-order valence-corrected chi connectivity index (χ1v) is 7.61. The molecule has 6 heteroatoms. The molecule has 0 aliphatic carbocycles. The predicted octanol–water partition coefficient (Wildman–Crippen LogP) is 3.24. The minimum absolute atomic E-state index is 0.411. The lowest BCUT2D eigenvalue weighted by atomic mass is 9.67. The normalized spacial score (nSPS) is 12.7. The lowest BCUT2D eigenvalue weighted by Gasteiger charge is -2.35. The van der Waals surface area contributed by atoms with Gasteiger partial charge in [-0.2, -0.15) is 0 Å². The van der Waals surface area contributed by atoms with Crippen molar-refractivity contribution in [3.63, 3.8) is 0 Å². The summed E-state index contributed by atoms with van der Waals surface area (Å²) in [5.74, 6) is -1.78. The molecule has 0 amide bonds. The van der Waals surface area contributed by atoms with E-state index in [1.165, 1.54) is 6.92 Å². The van der Waals surface area contributed by atoms with Crippen LogP contribution in [0.5, 0.6) is 0 Å². The van der Waals surface area contributed by atoms with Crippen LogP contribution in [0.15, 0.2) is 60.7 Å². The van der Waals surface area contributed by atoms with Crippen LogP contribution >= 0.6 is 8.69 Å². The smallest absolute Gasteiger partial charge is 0.335 e. The van der Waals surface area contributed by atoms with Crippen LogP contribution in [0.1, 0.15) is 18.1 Å². The largest absolute Gasteiger partial charge is 0.479 e. The summed E-state index contributed by atoms with van der Waals surface area (Å²) in [6, 6.07) is 17.0. The van der Waals surface area contributed by atoms with Crippen molar-refractivity contribution in [3.8, 4) is 0 Å². The lowest BCUT2D eigenvalue weighted by molar-refractivity contribution is -0.150. The average Bonchev–Trinajstić information content (AvgIpc) is 2.56. The summed E-state index contributed by atoms with van der Waals surface area (Å²) in [6.07, 6.45) is -1.62. The second-order valence-corrected chi connectivity index (χ2v) is 5.35. The van der Waals surface area contributed by atoms with Gasteiger partial charge in [0, 0.05) is 0 Å². The molecule has 0 spiro atoms. The summed E-state index contributed by atoms with van der Waals surface area (Å²) in [5.41, 5.74) is -0.657. The molecule has 1 atom stereocenters. The highest BCUT2D eigenvalue weighted by Gasteiger charge is 2.51. The molecule has 0 radical (unpaired) electrons. The van der Waals surface area contributed by atoms with E-state index in [9.17, 15) is 19.3 Å². The number of carbonyl (C=O) groups is 2. The van der Waals surface area contributed by atoms with E-state index in [0.29, 0.717) is 11.1 Å². The van der Waals surface area contributed by atoms with Crippen LogP contribution in [-0.2, 0) is 24.1 Å². The summed E-state index contributed by atoms with van der Waals surface area (Å²) < 4.78 is 15.9. The number of aliphatic carboxylic acids is 1. The first-order chi connectivity index (χ1) is 11.0. The maximum atomic E-state index is 12.6. The summed E-state index contributed by atoms with van der Waals surface area (Å²) in [7, 11) is -0.804. The molecule has 0 saturated carbocycles. The zero-order valence-corrected chi connectivity index (χ0v) is 13.3. The molecule has 0 bridgehead atoms. The van der Waals surface area contributed by atoms with E-state index in [4.69, 9.17) is 4.52 Å². The van der Waals surface area contributed by atoms with Gasteiger partial charge < -0.3 is 5.11 Å². The number of carboxylic acid groups (broad SMARTS) is 1. The predicted molar refractivity (Wildman–Crippen MR) is 84.5 cm³/mol. The third-order valence-corrected chi connectivity index (χ3v) is 4.08. The van der Waals surface area contributed by atoms with Crippen LogP contribution in [0.4, 0.5) is 0 Å². The van der Waals surface area contributed by atoms with Gasteiger partial charge in [-0.3, -0.25) is 9.32 Å². The van der Waals surface area contributed by atoms with Gasteiger partial charge >= 0.3 is 14.7 Å². The standard InChI is InChI=1S/C17H15O5P/c1-12(18)17(13-8-4-2-5-9-13,14-10-6-3-7-11-14)15(16(19)20)22-23-21/h2-11,15H,1H3,(H,19,20). The molecular formula is C17H15O5P. The van der Waals surface area contributed by atoms with Crippen molar-refractivity contribution in [2.75, 3.05) is 0 Å². The maximum Gasteiger partial charge on any atom is 0.335 e. The Balaban J connectivity index is 2.83. The van der Waals surface area contributed by atoms with Gasteiger partial charge in [0.25, 0.3) is 0 Å².